The Balaban J connectivity index is 2.39. The van der Waals surface area contributed by atoms with Crippen LogP contribution in [-0.4, -0.2) is 10.8 Å². The molecule has 0 saturated carbocycles. The first kappa shape index (κ1) is 14.4. The molecular weight excluding hydrogens is 230 g/mol. The van der Waals surface area contributed by atoms with E-state index in [0.29, 0.717) is 30.0 Å². The summed E-state index contributed by atoms with van der Waals surface area (Å²) in [7, 11) is 0. The Labute approximate surface area is 108 Å². The maximum atomic E-state index is 11.9. The van der Waals surface area contributed by atoms with Crippen LogP contribution in [0.3, 0.4) is 0 Å². The van der Waals surface area contributed by atoms with Crippen molar-refractivity contribution in [3.63, 3.8) is 0 Å². The number of Topliss-reactive ketones (excluding diaryl/α,β-unsaturated/α-hetero) is 1. The second-order valence-corrected chi connectivity index (χ2v) is 7.11. The molecule has 0 N–H and O–H groups in total. The van der Waals surface area contributed by atoms with Crippen LogP contribution in [-0.2, 0) is 11.2 Å². The molecule has 17 heavy (non-hydrogen) atoms. The number of ketones is 1. The number of hydrogen-bond donors (Lipinski definition) is 0. The second kappa shape index (κ2) is 5.76. The van der Waals surface area contributed by atoms with Crippen molar-refractivity contribution in [3.8, 4) is 0 Å². The number of hydrogen-bond acceptors (Lipinski definition) is 3. The molecule has 0 aliphatic rings. The van der Waals surface area contributed by atoms with Crippen molar-refractivity contribution in [3.05, 3.63) is 16.1 Å². The smallest absolute Gasteiger partial charge is 0.139 e. The van der Waals surface area contributed by atoms with Gasteiger partial charge in [-0.15, -0.1) is 11.3 Å². The molecule has 0 aliphatic carbocycles. The molecule has 96 valence electrons. The third-order valence-electron chi connectivity index (χ3n) is 2.55. The minimum Gasteiger partial charge on any atom is -0.299 e. The standard InChI is InChI=1S/C14H23NOS/c1-10(8-14(3,4)5)6-12(16)7-13-15-11(2)9-17-13/h9-10H,6-8H2,1-5H3. The number of aromatic nitrogens is 1. The summed E-state index contributed by atoms with van der Waals surface area (Å²) in [6.07, 6.45) is 2.28. The van der Waals surface area contributed by atoms with Crippen LogP contribution in [0.5, 0.6) is 0 Å². The van der Waals surface area contributed by atoms with Crippen LogP contribution in [0.15, 0.2) is 5.38 Å². The van der Waals surface area contributed by atoms with Crippen molar-refractivity contribution in [2.45, 2.75) is 53.9 Å². The number of nitrogens with zero attached hydrogens (tertiary/aromatic N) is 1. The molecule has 1 rings (SSSR count). The molecular formula is C14H23NOS. The summed E-state index contributed by atoms with van der Waals surface area (Å²) in [5, 5.41) is 2.96. The van der Waals surface area contributed by atoms with Gasteiger partial charge in [0, 0.05) is 17.5 Å². The lowest BCUT2D eigenvalue weighted by Crippen LogP contribution is -2.15. The Morgan fingerprint density at radius 1 is 1.47 bits per heavy atom. The lowest BCUT2D eigenvalue weighted by molar-refractivity contribution is -0.119. The van der Waals surface area contributed by atoms with E-state index in [4.69, 9.17) is 0 Å². The second-order valence-electron chi connectivity index (χ2n) is 6.17. The average molecular weight is 253 g/mol. The predicted octanol–water partition coefficient (Wildman–Crippen LogP) is 4.03. The lowest BCUT2D eigenvalue weighted by Gasteiger charge is -2.22. The number of carbonyl (C=O) groups is 1. The summed E-state index contributed by atoms with van der Waals surface area (Å²) < 4.78 is 0. The Morgan fingerprint density at radius 3 is 2.59 bits per heavy atom. The third kappa shape index (κ3) is 5.97. The summed E-state index contributed by atoms with van der Waals surface area (Å²) in [5.41, 5.74) is 1.32. The van der Waals surface area contributed by atoms with E-state index in [1.54, 1.807) is 11.3 Å². The molecule has 0 saturated heterocycles. The van der Waals surface area contributed by atoms with E-state index in [1.807, 2.05) is 12.3 Å². The van der Waals surface area contributed by atoms with E-state index in [1.165, 1.54) is 0 Å². The minimum atomic E-state index is 0.303. The number of aryl methyl sites for hydroxylation is 1. The molecule has 0 amide bonds. The fourth-order valence-corrected chi connectivity index (χ4v) is 3.03. The van der Waals surface area contributed by atoms with Crippen LogP contribution in [0.1, 0.15) is 51.2 Å². The van der Waals surface area contributed by atoms with Gasteiger partial charge in [-0.3, -0.25) is 4.79 Å². The number of carbonyl (C=O) groups excluding carboxylic acids is 1. The predicted molar refractivity (Wildman–Crippen MR) is 73.4 cm³/mol. The molecule has 0 spiro atoms. The van der Waals surface area contributed by atoms with Gasteiger partial charge in [0.1, 0.15) is 10.8 Å². The van der Waals surface area contributed by atoms with Crippen molar-refractivity contribution >= 4 is 17.1 Å². The summed E-state index contributed by atoms with van der Waals surface area (Å²) in [6, 6.07) is 0. The number of thiazole rings is 1. The first-order chi connectivity index (χ1) is 7.76. The zero-order chi connectivity index (χ0) is 13.1. The average Bonchev–Trinajstić information content (AvgIpc) is 2.46. The van der Waals surface area contributed by atoms with Crippen molar-refractivity contribution < 1.29 is 4.79 Å². The summed E-state index contributed by atoms with van der Waals surface area (Å²) in [4.78, 5) is 16.2. The maximum Gasteiger partial charge on any atom is 0.139 e. The van der Waals surface area contributed by atoms with Gasteiger partial charge in [-0.2, -0.15) is 0 Å². The molecule has 0 aliphatic heterocycles. The van der Waals surface area contributed by atoms with Gasteiger partial charge in [-0.25, -0.2) is 4.98 Å². The normalized spacial score (nSPS) is 13.7. The highest BCUT2D eigenvalue weighted by atomic mass is 32.1. The molecule has 1 atom stereocenters. The molecule has 0 fully saturated rings. The zero-order valence-corrected chi connectivity index (χ0v) is 12.4. The van der Waals surface area contributed by atoms with Crippen LogP contribution in [0.2, 0.25) is 0 Å². The summed E-state index contributed by atoms with van der Waals surface area (Å²) in [5.74, 6) is 0.777. The van der Waals surface area contributed by atoms with Gasteiger partial charge in [0.25, 0.3) is 0 Å². The molecule has 1 aromatic heterocycles. The molecule has 0 aromatic carbocycles. The van der Waals surface area contributed by atoms with Crippen LogP contribution < -0.4 is 0 Å². The largest absolute Gasteiger partial charge is 0.299 e. The van der Waals surface area contributed by atoms with Gasteiger partial charge in [0.15, 0.2) is 0 Å². The van der Waals surface area contributed by atoms with Crippen LogP contribution in [0, 0.1) is 18.3 Å². The summed E-state index contributed by atoms with van der Waals surface area (Å²) in [6.45, 7) is 10.8. The SMILES string of the molecule is Cc1csc(CC(=O)CC(C)CC(C)(C)C)n1. The van der Waals surface area contributed by atoms with Gasteiger partial charge in [-0.1, -0.05) is 27.7 Å². The van der Waals surface area contributed by atoms with E-state index in [-0.39, 0.29) is 0 Å². The van der Waals surface area contributed by atoms with Gasteiger partial charge in [-0.05, 0) is 24.7 Å². The zero-order valence-electron chi connectivity index (χ0n) is 11.5. The van der Waals surface area contributed by atoms with E-state index in [2.05, 4.69) is 32.7 Å². The molecule has 3 heteroatoms. The Morgan fingerprint density at radius 2 is 2.12 bits per heavy atom. The molecule has 2 nitrogen and oxygen atoms in total. The van der Waals surface area contributed by atoms with Crippen molar-refractivity contribution in [2.24, 2.45) is 11.3 Å². The monoisotopic (exact) mass is 253 g/mol. The van der Waals surface area contributed by atoms with Gasteiger partial charge in [0.2, 0.25) is 0 Å². The minimum absolute atomic E-state index is 0.303. The quantitative estimate of drug-likeness (QED) is 0.793. The highest BCUT2D eigenvalue weighted by Crippen LogP contribution is 2.26. The lowest BCUT2D eigenvalue weighted by atomic mass is 9.83. The Hall–Kier alpha value is -0.700. The van der Waals surface area contributed by atoms with E-state index < -0.39 is 0 Å². The van der Waals surface area contributed by atoms with Crippen LogP contribution in [0.4, 0.5) is 0 Å². The fourth-order valence-electron chi connectivity index (χ4n) is 2.23. The summed E-state index contributed by atoms with van der Waals surface area (Å²) >= 11 is 1.59. The van der Waals surface area contributed by atoms with Gasteiger partial charge >= 0.3 is 0 Å². The highest BCUT2D eigenvalue weighted by Gasteiger charge is 2.18. The molecule has 0 bridgehead atoms. The van der Waals surface area contributed by atoms with Crippen molar-refractivity contribution in [1.82, 2.24) is 4.98 Å². The Kier molecular flexibility index (Phi) is 4.87. The first-order valence-electron chi connectivity index (χ1n) is 6.19. The maximum absolute atomic E-state index is 11.9. The van der Waals surface area contributed by atoms with Crippen LogP contribution in [0.25, 0.3) is 0 Å². The van der Waals surface area contributed by atoms with E-state index in [9.17, 15) is 4.79 Å². The van der Waals surface area contributed by atoms with Gasteiger partial charge < -0.3 is 0 Å². The van der Waals surface area contributed by atoms with E-state index >= 15 is 0 Å². The van der Waals surface area contributed by atoms with E-state index in [0.717, 1.165) is 17.1 Å². The Bertz CT molecular complexity index is 376. The molecule has 1 heterocycles. The topological polar surface area (TPSA) is 30.0 Å². The molecule has 1 aromatic rings. The molecule has 0 radical (unpaired) electrons. The molecule has 1 unspecified atom stereocenters. The van der Waals surface area contributed by atoms with Crippen molar-refractivity contribution in [1.29, 1.82) is 0 Å². The number of rotatable bonds is 5. The first-order valence-corrected chi connectivity index (χ1v) is 7.07. The highest BCUT2D eigenvalue weighted by molar-refractivity contribution is 7.09. The fraction of sp³-hybridized carbons (Fsp3) is 0.714. The van der Waals surface area contributed by atoms with Crippen molar-refractivity contribution in [2.75, 3.05) is 0 Å². The van der Waals surface area contributed by atoms with Gasteiger partial charge in [0.05, 0.1) is 6.42 Å². The van der Waals surface area contributed by atoms with Crippen LogP contribution >= 0.6 is 11.3 Å². The third-order valence-corrected chi connectivity index (χ3v) is 3.52.